The van der Waals surface area contributed by atoms with Gasteiger partial charge in [-0.2, -0.15) is 0 Å². The van der Waals surface area contributed by atoms with E-state index in [4.69, 9.17) is 25.8 Å². The minimum absolute atomic E-state index is 0.250. The SMILES string of the molecule is CCOc1c(Cl)cc(/C=C/C(=O)O[C@H](C)C(=O)N2CCNC2=O)cc1OC. The zero-order valence-corrected chi connectivity index (χ0v) is 16.0. The topological polar surface area (TPSA) is 94.2 Å². The van der Waals surface area contributed by atoms with Crippen LogP contribution >= 0.6 is 11.6 Å². The van der Waals surface area contributed by atoms with Crippen LogP contribution in [0.15, 0.2) is 18.2 Å². The number of nitrogens with one attached hydrogen (secondary N) is 1. The number of nitrogens with zero attached hydrogens (tertiary/aromatic N) is 1. The van der Waals surface area contributed by atoms with Crippen LogP contribution in [0.3, 0.4) is 0 Å². The van der Waals surface area contributed by atoms with Crippen molar-refractivity contribution in [2.45, 2.75) is 20.0 Å². The summed E-state index contributed by atoms with van der Waals surface area (Å²) < 4.78 is 15.7. The van der Waals surface area contributed by atoms with Crippen molar-refractivity contribution < 1.29 is 28.6 Å². The summed E-state index contributed by atoms with van der Waals surface area (Å²) in [7, 11) is 1.48. The number of methoxy groups -OCH3 is 1. The van der Waals surface area contributed by atoms with Crippen molar-refractivity contribution in [1.82, 2.24) is 10.2 Å². The van der Waals surface area contributed by atoms with Gasteiger partial charge in [-0.15, -0.1) is 0 Å². The average molecular weight is 397 g/mol. The first-order valence-electron chi connectivity index (χ1n) is 8.35. The largest absolute Gasteiger partial charge is 0.493 e. The molecule has 0 unspecified atom stereocenters. The van der Waals surface area contributed by atoms with Crippen molar-refractivity contribution in [3.63, 3.8) is 0 Å². The Labute approximate surface area is 162 Å². The van der Waals surface area contributed by atoms with Crippen LogP contribution < -0.4 is 14.8 Å². The number of benzene rings is 1. The highest BCUT2D eigenvalue weighted by Gasteiger charge is 2.31. The van der Waals surface area contributed by atoms with E-state index in [0.717, 1.165) is 4.90 Å². The molecule has 0 bridgehead atoms. The summed E-state index contributed by atoms with van der Waals surface area (Å²) in [5.41, 5.74) is 0.593. The Morgan fingerprint density at radius 3 is 2.74 bits per heavy atom. The van der Waals surface area contributed by atoms with Crippen molar-refractivity contribution in [3.8, 4) is 11.5 Å². The molecule has 1 aliphatic rings. The van der Waals surface area contributed by atoms with E-state index in [1.807, 2.05) is 6.92 Å². The molecule has 1 atom stereocenters. The Hall–Kier alpha value is -2.74. The molecule has 2 rings (SSSR count). The molecule has 1 saturated heterocycles. The first kappa shape index (κ1) is 20.6. The van der Waals surface area contributed by atoms with Crippen LogP contribution in [0.2, 0.25) is 5.02 Å². The summed E-state index contributed by atoms with van der Waals surface area (Å²) in [5.74, 6) is -0.442. The average Bonchev–Trinajstić information content (AvgIpc) is 3.07. The number of carbonyl (C=O) groups is 3. The molecule has 1 aromatic rings. The predicted octanol–water partition coefficient (Wildman–Crippen LogP) is 2.24. The van der Waals surface area contributed by atoms with E-state index in [9.17, 15) is 14.4 Å². The van der Waals surface area contributed by atoms with Crippen molar-refractivity contribution in [3.05, 3.63) is 28.8 Å². The van der Waals surface area contributed by atoms with Gasteiger partial charge >= 0.3 is 12.0 Å². The summed E-state index contributed by atoms with van der Waals surface area (Å²) in [4.78, 5) is 36.6. The van der Waals surface area contributed by atoms with Gasteiger partial charge in [-0.25, -0.2) is 9.59 Å². The van der Waals surface area contributed by atoms with Gasteiger partial charge < -0.3 is 19.5 Å². The Bertz CT molecular complexity index is 764. The lowest BCUT2D eigenvalue weighted by molar-refractivity contribution is -0.153. The highest BCUT2D eigenvalue weighted by atomic mass is 35.5. The maximum atomic E-state index is 12.1. The molecule has 1 fully saturated rings. The molecular weight excluding hydrogens is 376 g/mol. The van der Waals surface area contributed by atoms with Crippen LogP contribution in [-0.2, 0) is 14.3 Å². The number of amides is 3. The molecule has 1 aromatic carbocycles. The smallest absolute Gasteiger partial charge is 0.331 e. The minimum atomic E-state index is -1.08. The Morgan fingerprint density at radius 1 is 1.41 bits per heavy atom. The van der Waals surface area contributed by atoms with Gasteiger partial charge in [-0.3, -0.25) is 9.69 Å². The number of hydrogen-bond acceptors (Lipinski definition) is 6. The van der Waals surface area contributed by atoms with Gasteiger partial charge in [-0.1, -0.05) is 11.6 Å². The normalized spacial score (nSPS) is 14.8. The lowest BCUT2D eigenvalue weighted by atomic mass is 10.2. The van der Waals surface area contributed by atoms with Crippen LogP contribution in [0.4, 0.5) is 4.79 Å². The molecule has 3 amide bonds. The molecule has 0 radical (unpaired) electrons. The van der Waals surface area contributed by atoms with Crippen LogP contribution in [0, 0.1) is 0 Å². The molecular formula is C18H21ClN2O6. The second-order valence-corrected chi connectivity index (χ2v) is 6.01. The fraction of sp³-hybridized carbons (Fsp3) is 0.389. The van der Waals surface area contributed by atoms with Crippen molar-refractivity contribution in [1.29, 1.82) is 0 Å². The van der Waals surface area contributed by atoms with E-state index in [2.05, 4.69) is 5.32 Å². The van der Waals surface area contributed by atoms with E-state index in [1.54, 1.807) is 12.1 Å². The van der Waals surface area contributed by atoms with E-state index in [0.29, 0.717) is 35.2 Å². The number of ether oxygens (including phenoxy) is 3. The number of carbonyl (C=O) groups excluding carboxylic acids is 3. The summed E-state index contributed by atoms with van der Waals surface area (Å²) in [6.45, 7) is 4.30. The van der Waals surface area contributed by atoms with Crippen molar-refractivity contribution >= 4 is 35.6 Å². The third-order valence-electron chi connectivity index (χ3n) is 3.72. The Balaban J connectivity index is 2.02. The van der Waals surface area contributed by atoms with Crippen LogP contribution in [0.25, 0.3) is 6.08 Å². The first-order chi connectivity index (χ1) is 12.9. The van der Waals surface area contributed by atoms with Crippen molar-refractivity contribution in [2.75, 3.05) is 26.8 Å². The second-order valence-electron chi connectivity index (χ2n) is 5.60. The molecule has 1 N–H and O–H groups in total. The van der Waals surface area contributed by atoms with Gasteiger partial charge in [0.1, 0.15) is 0 Å². The lowest BCUT2D eigenvalue weighted by Gasteiger charge is -2.17. The predicted molar refractivity (Wildman–Crippen MR) is 98.9 cm³/mol. The Kier molecular flexibility index (Phi) is 7.06. The number of halogens is 1. The fourth-order valence-electron chi connectivity index (χ4n) is 2.45. The highest BCUT2D eigenvalue weighted by molar-refractivity contribution is 6.32. The monoisotopic (exact) mass is 396 g/mol. The van der Waals surface area contributed by atoms with E-state index in [1.165, 1.54) is 26.2 Å². The third-order valence-corrected chi connectivity index (χ3v) is 4.00. The number of urea groups is 1. The molecule has 0 aromatic heterocycles. The molecule has 8 nitrogen and oxygen atoms in total. The minimum Gasteiger partial charge on any atom is -0.493 e. The van der Waals surface area contributed by atoms with Gasteiger partial charge in [0.05, 0.1) is 18.7 Å². The summed E-state index contributed by atoms with van der Waals surface area (Å²) in [6.07, 6.45) is 1.57. The van der Waals surface area contributed by atoms with E-state index < -0.39 is 24.0 Å². The van der Waals surface area contributed by atoms with E-state index >= 15 is 0 Å². The number of hydrogen-bond donors (Lipinski definition) is 1. The van der Waals surface area contributed by atoms with Crippen LogP contribution in [-0.4, -0.2) is 55.7 Å². The molecule has 27 heavy (non-hydrogen) atoms. The third kappa shape index (κ3) is 5.13. The number of imide groups is 1. The zero-order valence-electron chi connectivity index (χ0n) is 15.3. The standard InChI is InChI=1S/C18H21ClN2O6/c1-4-26-16-13(19)9-12(10-14(16)25-3)5-6-15(22)27-11(2)17(23)21-8-7-20-18(21)24/h5-6,9-11H,4,7-8H2,1-3H3,(H,20,24)/b6-5+/t11-/m1/s1. The molecule has 0 spiro atoms. The number of esters is 1. The van der Waals surface area contributed by atoms with Crippen LogP contribution in [0.5, 0.6) is 11.5 Å². The van der Waals surface area contributed by atoms with Crippen molar-refractivity contribution in [2.24, 2.45) is 0 Å². The maximum absolute atomic E-state index is 12.1. The van der Waals surface area contributed by atoms with Crippen LogP contribution in [0.1, 0.15) is 19.4 Å². The maximum Gasteiger partial charge on any atom is 0.331 e. The molecule has 1 aliphatic heterocycles. The summed E-state index contributed by atoms with van der Waals surface area (Å²) >= 11 is 6.18. The van der Waals surface area contributed by atoms with Gasteiger partial charge in [0.25, 0.3) is 5.91 Å². The molecule has 0 saturated carbocycles. The summed E-state index contributed by atoms with van der Waals surface area (Å²) in [5, 5.41) is 2.85. The molecule has 1 heterocycles. The fourth-order valence-corrected chi connectivity index (χ4v) is 2.72. The molecule has 0 aliphatic carbocycles. The quantitative estimate of drug-likeness (QED) is 0.561. The second kappa shape index (κ2) is 9.27. The van der Waals surface area contributed by atoms with Gasteiger partial charge in [0.15, 0.2) is 17.6 Å². The first-order valence-corrected chi connectivity index (χ1v) is 8.73. The van der Waals surface area contributed by atoms with E-state index in [-0.39, 0.29) is 6.54 Å². The molecule has 9 heteroatoms. The van der Waals surface area contributed by atoms with Gasteiger partial charge in [-0.05, 0) is 37.6 Å². The highest BCUT2D eigenvalue weighted by Crippen LogP contribution is 2.36. The lowest BCUT2D eigenvalue weighted by Crippen LogP contribution is -2.41. The zero-order chi connectivity index (χ0) is 20.0. The number of rotatable bonds is 7. The molecule has 146 valence electrons. The summed E-state index contributed by atoms with van der Waals surface area (Å²) in [6, 6.07) is 2.78. The van der Waals surface area contributed by atoms with Gasteiger partial charge in [0.2, 0.25) is 0 Å². The van der Waals surface area contributed by atoms with Gasteiger partial charge in [0, 0.05) is 19.2 Å². The Morgan fingerprint density at radius 2 is 2.15 bits per heavy atom.